The molecule has 144 valence electrons. The molecule has 0 aliphatic carbocycles. The number of rotatable bonds is 6. The minimum atomic E-state index is -1.45. The summed E-state index contributed by atoms with van der Waals surface area (Å²) in [4.78, 5) is 25.0. The van der Waals surface area contributed by atoms with Crippen molar-refractivity contribution in [2.75, 3.05) is 24.8 Å². The Morgan fingerprint density at radius 3 is 2.70 bits per heavy atom. The van der Waals surface area contributed by atoms with E-state index in [9.17, 15) is 14.3 Å². The van der Waals surface area contributed by atoms with Crippen LogP contribution in [-0.2, 0) is 10.3 Å². The van der Waals surface area contributed by atoms with Crippen molar-refractivity contribution >= 4 is 29.3 Å². The van der Waals surface area contributed by atoms with Crippen molar-refractivity contribution in [2.45, 2.75) is 30.6 Å². The second kappa shape index (κ2) is 7.75. The van der Waals surface area contributed by atoms with Crippen molar-refractivity contribution < 1.29 is 19.0 Å². The van der Waals surface area contributed by atoms with E-state index in [-0.39, 0.29) is 48.1 Å². The van der Waals surface area contributed by atoms with Crippen LogP contribution in [0.1, 0.15) is 29.9 Å². The number of hydrogen-bond acceptors (Lipinski definition) is 8. The summed E-state index contributed by atoms with van der Waals surface area (Å²) in [5, 5.41) is 16.5. The molecule has 3 N–H and O–H groups in total. The van der Waals surface area contributed by atoms with Crippen LogP contribution in [-0.4, -0.2) is 51.5 Å². The van der Waals surface area contributed by atoms with Gasteiger partial charge in [-0.25, -0.2) is 19.3 Å². The Bertz CT molecular complexity index is 860. The first-order chi connectivity index (χ1) is 12.8. The minimum absolute atomic E-state index is 0.0213. The van der Waals surface area contributed by atoms with Crippen LogP contribution < -0.4 is 10.6 Å². The fourth-order valence-electron chi connectivity index (χ4n) is 2.46. The second-order valence-corrected chi connectivity index (χ2v) is 7.20. The average Bonchev–Trinajstić information content (AvgIpc) is 2.60. The smallest absolute Gasteiger partial charge is 0.256 e. The average molecular weight is 393 g/mol. The molecule has 10 heteroatoms. The van der Waals surface area contributed by atoms with Gasteiger partial charge in [0.2, 0.25) is 0 Å². The van der Waals surface area contributed by atoms with Crippen LogP contribution in [0, 0.1) is 5.82 Å². The van der Waals surface area contributed by atoms with Crippen LogP contribution in [0.3, 0.4) is 0 Å². The van der Waals surface area contributed by atoms with E-state index in [2.05, 4.69) is 25.6 Å². The zero-order valence-corrected chi connectivity index (χ0v) is 15.9. The van der Waals surface area contributed by atoms with Gasteiger partial charge in [0.15, 0.2) is 10.8 Å². The van der Waals surface area contributed by atoms with Crippen LogP contribution in [0.25, 0.3) is 0 Å². The maximum absolute atomic E-state index is 14.1. The lowest BCUT2D eigenvalue weighted by Gasteiger charge is -2.35. The topological polar surface area (TPSA) is 109 Å². The van der Waals surface area contributed by atoms with Crippen LogP contribution in [0.5, 0.6) is 0 Å². The summed E-state index contributed by atoms with van der Waals surface area (Å²) in [6.07, 6.45) is 3.24. The van der Waals surface area contributed by atoms with E-state index in [1.54, 1.807) is 0 Å². The molecule has 3 rings (SSSR count). The minimum Gasteiger partial charge on any atom is -0.379 e. The zero-order chi connectivity index (χ0) is 19.6. The summed E-state index contributed by atoms with van der Waals surface area (Å²) in [5.74, 6) is -0.476. The number of nitrogens with zero attached hydrogens (tertiary/aromatic N) is 3. The van der Waals surface area contributed by atoms with Gasteiger partial charge in [-0.3, -0.25) is 4.79 Å². The Morgan fingerprint density at radius 2 is 2.11 bits per heavy atom. The molecule has 8 nitrogen and oxygen atoms in total. The molecule has 0 aromatic carbocycles. The van der Waals surface area contributed by atoms with E-state index >= 15 is 0 Å². The van der Waals surface area contributed by atoms with E-state index in [1.807, 2.05) is 20.1 Å². The fourth-order valence-corrected chi connectivity index (χ4v) is 2.80. The van der Waals surface area contributed by atoms with E-state index in [4.69, 9.17) is 4.74 Å². The summed E-state index contributed by atoms with van der Waals surface area (Å²) < 4.78 is 19.1. The quantitative estimate of drug-likeness (QED) is 0.504. The Balaban J connectivity index is 1.94. The number of nitrogens with one attached hydrogen (secondary N) is 2. The zero-order valence-electron chi connectivity index (χ0n) is 15.1. The molecule has 1 amide bonds. The molecule has 0 atom stereocenters. The van der Waals surface area contributed by atoms with Crippen LogP contribution in [0.2, 0.25) is 0 Å². The summed E-state index contributed by atoms with van der Waals surface area (Å²) in [6, 6.07) is 2.55. The number of amides is 1. The number of anilines is 2. The highest BCUT2D eigenvalue weighted by molar-refractivity contribution is 7.98. The number of carbonyl (C=O) groups excluding carboxylic acids is 1. The lowest BCUT2D eigenvalue weighted by Crippen LogP contribution is -2.47. The molecule has 0 saturated carbocycles. The van der Waals surface area contributed by atoms with Crippen molar-refractivity contribution in [1.29, 1.82) is 0 Å². The number of carbonyl (C=O) groups is 1. The maximum Gasteiger partial charge on any atom is 0.256 e. The first kappa shape index (κ1) is 19.5. The Labute approximate surface area is 160 Å². The number of aromatic nitrogens is 3. The van der Waals surface area contributed by atoms with Gasteiger partial charge in [-0.05, 0) is 32.2 Å². The van der Waals surface area contributed by atoms with Gasteiger partial charge in [-0.15, -0.1) is 0 Å². The molecular formula is C17H20FN5O3S. The lowest BCUT2D eigenvalue weighted by atomic mass is 9.97. The number of halogens is 1. The van der Waals surface area contributed by atoms with Crippen LogP contribution >= 0.6 is 11.8 Å². The highest BCUT2D eigenvalue weighted by Crippen LogP contribution is 2.31. The van der Waals surface area contributed by atoms with Crippen molar-refractivity contribution in [3.63, 3.8) is 0 Å². The highest BCUT2D eigenvalue weighted by Gasteiger charge is 2.42. The number of pyridine rings is 1. The fraction of sp³-hybridized carbons (Fsp3) is 0.412. The summed E-state index contributed by atoms with van der Waals surface area (Å²) >= 11 is 1.32. The van der Waals surface area contributed by atoms with Crippen molar-refractivity contribution in [3.8, 4) is 0 Å². The Hall–Kier alpha value is -2.30. The molecule has 1 saturated heterocycles. The van der Waals surface area contributed by atoms with Crippen molar-refractivity contribution in [2.24, 2.45) is 0 Å². The molecule has 1 aliphatic heterocycles. The molecule has 1 aliphatic rings. The predicted molar refractivity (Wildman–Crippen MR) is 98.6 cm³/mol. The Morgan fingerprint density at radius 1 is 1.37 bits per heavy atom. The highest BCUT2D eigenvalue weighted by atomic mass is 32.2. The third kappa shape index (κ3) is 4.18. The van der Waals surface area contributed by atoms with Gasteiger partial charge < -0.3 is 20.5 Å². The SMILES string of the molecule is CSc1ncc(C(=O)NC(C)C)c(Nc2ccc(F)c(C3(O)COC3)n2)n1. The first-order valence-corrected chi connectivity index (χ1v) is 9.51. The van der Waals surface area contributed by atoms with Crippen molar-refractivity contribution in [3.05, 3.63) is 35.4 Å². The Kier molecular flexibility index (Phi) is 5.59. The largest absolute Gasteiger partial charge is 0.379 e. The molecule has 2 aromatic rings. The third-order valence-corrected chi connectivity index (χ3v) is 4.39. The first-order valence-electron chi connectivity index (χ1n) is 8.28. The van der Waals surface area contributed by atoms with E-state index in [0.717, 1.165) is 0 Å². The standard InChI is InChI=1S/C17H20FN5O3S/c1-9(2)20-15(24)10-6-19-16(27-3)23-14(10)22-12-5-4-11(18)13(21-12)17(25)7-26-8-17/h4-6,9,25H,7-8H2,1-3H3,(H,20,24)(H,19,21,22,23). The number of aliphatic hydroxyl groups is 1. The molecule has 27 heavy (non-hydrogen) atoms. The lowest BCUT2D eigenvalue weighted by molar-refractivity contribution is -0.188. The molecular weight excluding hydrogens is 373 g/mol. The number of thioether (sulfide) groups is 1. The van der Waals surface area contributed by atoms with Crippen molar-refractivity contribution in [1.82, 2.24) is 20.3 Å². The van der Waals surface area contributed by atoms with Gasteiger partial charge in [0.1, 0.15) is 28.7 Å². The normalized spacial score (nSPS) is 15.3. The molecule has 0 unspecified atom stereocenters. The number of ether oxygens (including phenoxy) is 1. The van der Waals surface area contributed by atoms with Gasteiger partial charge in [0, 0.05) is 12.2 Å². The van der Waals surface area contributed by atoms with Gasteiger partial charge in [-0.1, -0.05) is 11.8 Å². The molecule has 0 radical (unpaired) electrons. The predicted octanol–water partition coefficient (Wildman–Crippen LogP) is 1.83. The molecule has 3 heterocycles. The monoisotopic (exact) mass is 393 g/mol. The summed E-state index contributed by atoms with van der Waals surface area (Å²) in [5.41, 5.74) is -1.32. The molecule has 0 bridgehead atoms. The summed E-state index contributed by atoms with van der Waals surface area (Å²) in [6.45, 7) is 3.65. The summed E-state index contributed by atoms with van der Waals surface area (Å²) in [7, 11) is 0. The third-order valence-electron chi connectivity index (χ3n) is 3.83. The van der Waals surface area contributed by atoms with Gasteiger partial charge in [0.05, 0.1) is 13.2 Å². The van der Waals surface area contributed by atoms with E-state index in [1.165, 1.54) is 30.1 Å². The van der Waals surface area contributed by atoms with Crippen LogP contribution in [0.4, 0.5) is 16.0 Å². The molecule has 1 fully saturated rings. The molecule has 0 spiro atoms. The van der Waals surface area contributed by atoms with E-state index < -0.39 is 11.4 Å². The number of hydrogen-bond donors (Lipinski definition) is 3. The molecule has 2 aromatic heterocycles. The maximum atomic E-state index is 14.1. The van der Waals surface area contributed by atoms with Gasteiger partial charge >= 0.3 is 0 Å². The second-order valence-electron chi connectivity index (χ2n) is 6.42. The van der Waals surface area contributed by atoms with Gasteiger partial charge in [-0.2, -0.15) is 0 Å². The van der Waals surface area contributed by atoms with E-state index in [0.29, 0.717) is 5.16 Å². The van der Waals surface area contributed by atoms with Crippen LogP contribution in [0.15, 0.2) is 23.5 Å². The van der Waals surface area contributed by atoms with Gasteiger partial charge in [0.25, 0.3) is 5.91 Å².